The van der Waals surface area contributed by atoms with Gasteiger partial charge < -0.3 is 14.2 Å². The average molecular weight is 309 g/mol. The van der Waals surface area contributed by atoms with E-state index in [0.29, 0.717) is 24.0 Å². The zero-order chi connectivity index (χ0) is 16.2. The minimum atomic E-state index is 0.557. The number of ether oxygens (including phenoxy) is 3. The Labute approximate surface area is 135 Å². The molecule has 4 heteroatoms. The predicted octanol–water partition coefficient (Wildman–Crippen LogP) is 4.32. The maximum absolute atomic E-state index is 5.68. The van der Waals surface area contributed by atoms with Crippen molar-refractivity contribution >= 4 is 10.8 Å². The molecule has 1 heterocycles. The van der Waals surface area contributed by atoms with Gasteiger partial charge in [0.15, 0.2) is 11.5 Å². The fourth-order valence-electron chi connectivity index (χ4n) is 2.64. The minimum Gasteiger partial charge on any atom is -0.493 e. The highest BCUT2D eigenvalue weighted by Gasteiger charge is 2.15. The summed E-state index contributed by atoms with van der Waals surface area (Å²) in [5, 5.41) is 1.93. The zero-order valence-electron chi connectivity index (χ0n) is 13.5. The van der Waals surface area contributed by atoms with Gasteiger partial charge in [-0.3, -0.25) is 0 Å². The summed E-state index contributed by atoms with van der Waals surface area (Å²) in [5.41, 5.74) is 2.13. The lowest BCUT2D eigenvalue weighted by Gasteiger charge is -2.14. The van der Waals surface area contributed by atoms with E-state index in [1.807, 2.05) is 43.5 Å². The summed E-state index contributed by atoms with van der Waals surface area (Å²) in [7, 11) is 3.26. The van der Waals surface area contributed by atoms with E-state index >= 15 is 0 Å². The number of nitrogens with zero attached hydrogens (tertiary/aromatic N) is 1. The van der Waals surface area contributed by atoms with Gasteiger partial charge in [-0.05, 0) is 24.6 Å². The lowest BCUT2D eigenvalue weighted by molar-refractivity contribution is 0.330. The molecule has 3 rings (SSSR count). The van der Waals surface area contributed by atoms with Crippen molar-refractivity contribution in [1.29, 1.82) is 0 Å². The lowest BCUT2D eigenvalue weighted by atomic mass is 10.00. The van der Waals surface area contributed by atoms with Gasteiger partial charge in [-0.15, -0.1) is 0 Å². The molecule has 0 fully saturated rings. The fourth-order valence-corrected chi connectivity index (χ4v) is 2.64. The van der Waals surface area contributed by atoms with Gasteiger partial charge in [0.1, 0.15) is 0 Å². The third-order valence-corrected chi connectivity index (χ3v) is 3.72. The Morgan fingerprint density at radius 2 is 1.57 bits per heavy atom. The van der Waals surface area contributed by atoms with E-state index in [1.165, 1.54) is 0 Å². The van der Waals surface area contributed by atoms with Gasteiger partial charge in [-0.2, -0.15) is 0 Å². The van der Waals surface area contributed by atoms with Crippen molar-refractivity contribution < 1.29 is 14.2 Å². The highest BCUT2D eigenvalue weighted by atomic mass is 16.5. The lowest BCUT2D eigenvalue weighted by Crippen LogP contribution is -1.98. The molecule has 0 unspecified atom stereocenters. The average Bonchev–Trinajstić information content (AvgIpc) is 2.61. The monoisotopic (exact) mass is 309 g/mol. The number of rotatable bonds is 5. The van der Waals surface area contributed by atoms with Crippen molar-refractivity contribution in [3.63, 3.8) is 0 Å². The van der Waals surface area contributed by atoms with E-state index in [-0.39, 0.29) is 0 Å². The third kappa shape index (κ3) is 2.80. The largest absolute Gasteiger partial charge is 0.493 e. The molecular weight excluding hydrogens is 290 g/mol. The summed E-state index contributed by atoms with van der Waals surface area (Å²) < 4.78 is 16.5. The van der Waals surface area contributed by atoms with Crippen molar-refractivity contribution in [3.05, 3.63) is 48.7 Å². The van der Waals surface area contributed by atoms with Gasteiger partial charge in [-0.1, -0.05) is 30.3 Å². The second kappa shape index (κ2) is 6.57. The molecule has 0 aliphatic rings. The van der Waals surface area contributed by atoms with E-state index < -0.39 is 0 Å². The number of aromatic nitrogens is 1. The van der Waals surface area contributed by atoms with Crippen LogP contribution in [-0.4, -0.2) is 25.8 Å². The fraction of sp³-hybridized carbons (Fsp3) is 0.211. The summed E-state index contributed by atoms with van der Waals surface area (Å²) in [6, 6.07) is 14.0. The van der Waals surface area contributed by atoms with Crippen molar-refractivity contribution in [1.82, 2.24) is 4.98 Å². The Bertz CT molecular complexity index is 816. The molecule has 0 amide bonds. The first-order valence-corrected chi connectivity index (χ1v) is 7.51. The van der Waals surface area contributed by atoms with Crippen LogP contribution in [0.4, 0.5) is 0 Å². The number of hydrogen-bond donors (Lipinski definition) is 0. The first kappa shape index (κ1) is 15.2. The molecule has 23 heavy (non-hydrogen) atoms. The van der Waals surface area contributed by atoms with Crippen LogP contribution in [0.3, 0.4) is 0 Å². The van der Waals surface area contributed by atoms with Crippen molar-refractivity contribution in [2.75, 3.05) is 20.8 Å². The van der Waals surface area contributed by atoms with Crippen LogP contribution in [0.15, 0.2) is 48.7 Å². The molecule has 0 saturated heterocycles. The quantitative estimate of drug-likeness (QED) is 0.704. The highest BCUT2D eigenvalue weighted by molar-refractivity contribution is 6.00. The number of methoxy groups -OCH3 is 2. The van der Waals surface area contributed by atoms with Crippen molar-refractivity contribution in [2.45, 2.75) is 6.92 Å². The molecule has 0 radical (unpaired) electrons. The maximum Gasteiger partial charge on any atom is 0.221 e. The Balaban J connectivity index is 2.32. The van der Waals surface area contributed by atoms with E-state index in [2.05, 4.69) is 17.1 Å². The SMILES string of the molecule is CCOc1ncc(-c2ccccc2)c2cc(OC)c(OC)cc12. The van der Waals surface area contributed by atoms with Gasteiger partial charge in [-0.25, -0.2) is 4.98 Å². The van der Waals surface area contributed by atoms with Crippen LogP contribution in [0.2, 0.25) is 0 Å². The summed E-state index contributed by atoms with van der Waals surface area (Å²) in [6.45, 7) is 2.50. The second-order valence-corrected chi connectivity index (χ2v) is 5.03. The molecule has 2 aromatic carbocycles. The number of fused-ring (bicyclic) bond motifs is 1. The molecule has 3 aromatic rings. The van der Waals surface area contributed by atoms with Crippen LogP contribution in [-0.2, 0) is 0 Å². The van der Waals surface area contributed by atoms with E-state index in [4.69, 9.17) is 14.2 Å². The minimum absolute atomic E-state index is 0.557. The van der Waals surface area contributed by atoms with Crippen LogP contribution < -0.4 is 14.2 Å². The van der Waals surface area contributed by atoms with Crippen LogP contribution in [0.1, 0.15) is 6.92 Å². The van der Waals surface area contributed by atoms with E-state index in [0.717, 1.165) is 21.9 Å². The Kier molecular flexibility index (Phi) is 4.33. The van der Waals surface area contributed by atoms with Crippen molar-refractivity contribution in [2.24, 2.45) is 0 Å². The topological polar surface area (TPSA) is 40.6 Å². The normalized spacial score (nSPS) is 10.6. The second-order valence-electron chi connectivity index (χ2n) is 5.03. The third-order valence-electron chi connectivity index (χ3n) is 3.72. The Morgan fingerprint density at radius 3 is 2.17 bits per heavy atom. The molecule has 1 aromatic heterocycles. The first-order valence-electron chi connectivity index (χ1n) is 7.51. The van der Waals surface area contributed by atoms with E-state index in [9.17, 15) is 0 Å². The number of hydrogen-bond acceptors (Lipinski definition) is 4. The highest BCUT2D eigenvalue weighted by Crippen LogP contribution is 2.39. The molecule has 0 aliphatic carbocycles. The van der Waals surface area contributed by atoms with E-state index in [1.54, 1.807) is 14.2 Å². The molecule has 0 aliphatic heterocycles. The van der Waals surface area contributed by atoms with Gasteiger partial charge in [0.25, 0.3) is 0 Å². The van der Waals surface area contributed by atoms with Crippen LogP contribution in [0.25, 0.3) is 21.9 Å². The van der Waals surface area contributed by atoms with Gasteiger partial charge in [0.2, 0.25) is 5.88 Å². The zero-order valence-corrected chi connectivity index (χ0v) is 13.5. The Hall–Kier alpha value is -2.75. The molecule has 118 valence electrons. The van der Waals surface area contributed by atoms with Crippen LogP contribution in [0.5, 0.6) is 17.4 Å². The number of benzene rings is 2. The molecule has 0 N–H and O–H groups in total. The molecule has 0 spiro atoms. The summed E-state index contributed by atoms with van der Waals surface area (Å²) in [6.07, 6.45) is 1.84. The Morgan fingerprint density at radius 1 is 0.913 bits per heavy atom. The molecular formula is C19H19NO3. The predicted molar refractivity (Wildman–Crippen MR) is 91.5 cm³/mol. The molecule has 0 bridgehead atoms. The van der Waals surface area contributed by atoms with Gasteiger partial charge >= 0.3 is 0 Å². The van der Waals surface area contributed by atoms with Crippen molar-refractivity contribution in [3.8, 4) is 28.5 Å². The molecule has 0 saturated carbocycles. The maximum atomic E-state index is 5.68. The van der Waals surface area contributed by atoms with Gasteiger partial charge in [0.05, 0.1) is 20.8 Å². The van der Waals surface area contributed by atoms with Crippen LogP contribution >= 0.6 is 0 Å². The standard InChI is InChI=1S/C19H19NO3/c1-4-23-19-15-11-18(22-3)17(21-2)10-14(15)16(12-20-19)13-8-6-5-7-9-13/h5-12H,4H2,1-3H3. The smallest absolute Gasteiger partial charge is 0.221 e. The van der Waals surface area contributed by atoms with Gasteiger partial charge in [0, 0.05) is 22.5 Å². The first-order chi connectivity index (χ1) is 11.3. The molecule has 0 atom stereocenters. The summed E-state index contributed by atoms with van der Waals surface area (Å²) in [4.78, 5) is 4.49. The van der Waals surface area contributed by atoms with Crippen LogP contribution in [0, 0.1) is 0 Å². The molecule has 4 nitrogen and oxygen atoms in total. The summed E-state index contributed by atoms with van der Waals surface area (Å²) >= 11 is 0. The number of pyridine rings is 1. The summed E-state index contributed by atoms with van der Waals surface area (Å²) in [5.74, 6) is 1.95.